The second kappa shape index (κ2) is 6.25. The Bertz CT molecular complexity index is 236. The molecule has 1 aliphatic carbocycles. The molecule has 0 saturated heterocycles. The lowest BCUT2D eigenvalue weighted by Gasteiger charge is -2.30. The maximum Gasteiger partial charge on any atom is 0.0628 e. The summed E-state index contributed by atoms with van der Waals surface area (Å²) in [5.41, 5.74) is 0.366. The first-order valence-corrected chi connectivity index (χ1v) is 6.74. The summed E-state index contributed by atoms with van der Waals surface area (Å²) in [5.74, 6) is 0. The third kappa shape index (κ3) is 4.14. The van der Waals surface area contributed by atoms with Crippen molar-refractivity contribution in [3.8, 4) is 6.07 Å². The normalized spacial score (nSPS) is 17.8. The molecule has 2 nitrogen and oxygen atoms in total. The molecule has 0 aliphatic heterocycles. The fourth-order valence-corrected chi connectivity index (χ4v) is 2.25. The first kappa shape index (κ1) is 13.5. The van der Waals surface area contributed by atoms with Gasteiger partial charge in [0.25, 0.3) is 0 Å². The van der Waals surface area contributed by atoms with Gasteiger partial charge in [0.15, 0.2) is 0 Å². The van der Waals surface area contributed by atoms with E-state index in [2.05, 4.69) is 31.7 Å². The zero-order chi connectivity index (χ0) is 12.0. The van der Waals surface area contributed by atoms with Crippen molar-refractivity contribution in [2.24, 2.45) is 5.41 Å². The Morgan fingerprint density at radius 3 is 2.44 bits per heavy atom. The maximum atomic E-state index is 8.84. The average molecular weight is 222 g/mol. The lowest BCUT2D eigenvalue weighted by Crippen LogP contribution is -2.36. The van der Waals surface area contributed by atoms with Crippen LogP contribution in [-0.2, 0) is 0 Å². The molecule has 1 saturated carbocycles. The molecule has 0 aromatic heterocycles. The molecule has 0 unspecified atom stereocenters. The number of nitriles is 1. The largest absolute Gasteiger partial charge is 0.300 e. The van der Waals surface area contributed by atoms with E-state index in [9.17, 15) is 0 Å². The van der Waals surface area contributed by atoms with Gasteiger partial charge in [-0.3, -0.25) is 0 Å². The summed E-state index contributed by atoms with van der Waals surface area (Å²) in [4.78, 5) is 2.57. The Balaban J connectivity index is 2.36. The molecule has 0 N–H and O–H groups in total. The SMILES string of the molecule is CCCCCN(CC1(CC#N)CC1)C(C)C. The zero-order valence-electron chi connectivity index (χ0n) is 11.1. The summed E-state index contributed by atoms with van der Waals surface area (Å²) < 4.78 is 0. The van der Waals surface area contributed by atoms with E-state index in [4.69, 9.17) is 5.26 Å². The van der Waals surface area contributed by atoms with E-state index in [0.29, 0.717) is 11.5 Å². The highest BCUT2D eigenvalue weighted by molar-refractivity contribution is 5.01. The van der Waals surface area contributed by atoms with Crippen LogP contribution in [-0.4, -0.2) is 24.0 Å². The molecule has 2 heteroatoms. The van der Waals surface area contributed by atoms with Crippen LogP contribution in [0.4, 0.5) is 0 Å². The first-order chi connectivity index (χ1) is 7.63. The van der Waals surface area contributed by atoms with Gasteiger partial charge in [-0.15, -0.1) is 0 Å². The predicted octanol–water partition coefficient (Wildman–Crippen LogP) is 3.58. The highest BCUT2D eigenvalue weighted by atomic mass is 15.2. The van der Waals surface area contributed by atoms with Crippen LogP contribution in [0.5, 0.6) is 0 Å². The second-order valence-electron chi connectivity index (χ2n) is 5.61. The monoisotopic (exact) mass is 222 g/mol. The molecule has 0 aromatic rings. The van der Waals surface area contributed by atoms with Crippen LogP contribution in [0, 0.1) is 16.7 Å². The molecular weight excluding hydrogens is 196 g/mol. The highest BCUT2D eigenvalue weighted by Gasteiger charge is 2.43. The molecule has 0 amide bonds. The van der Waals surface area contributed by atoms with Crippen LogP contribution in [0.3, 0.4) is 0 Å². The summed E-state index contributed by atoms with van der Waals surface area (Å²) >= 11 is 0. The van der Waals surface area contributed by atoms with Crippen molar-refractivity contribution in [1.29, 1.82) is 5.26 Å². The molecule has 0 spiro atoms. The fourth-order valence-electron chi connectivity index (χ4n) is 2.25. The molecule has 1 fully saturated rings. The third-order valence-electron chi connectivity index (χ3n) is 3.73. The molecule has 0 bridgehead atoms. The topological polar surface area (TPSA) is 27.0 Å². The third-order valence-corrected chi connectivity index (χ3v) is 3.73. The Hall–Kier alpha value is -0.550. The summed E-state index contributed by atoms with van der Waals surface area (Å²) in [5, 5.41) is 8.84. The van der Waals surface area contributed by atoms with E-state index in [0.717, 1.165) is 13.0 Å². The summed E-state index contributed by atoms with van der Waals surface area (Å²) in [7, 11) is 0. The Morgan fingerprint density at radius 1 is 1.31 bits per heavy atom. The van der Waals surface area contributed by atoms with Crippen LogP contribution in [0.15, 0.2) is 0 Å². The second-order valence-corrected chi connectivity index (χ2v) is 5.61. The first-order valence-electron chi connectivity index (χ1n) is 6.74. The van der Waals surface area contributed by atoms with Crippen LogP contribution in [0.1, 0.15) is 59.3 Å². The summed E-state index contributed by atoms with van der Waals surface area (Å²) in [6.45, 7) is 9.14. The maximum absolute atomic E-state index is 8.84. The van der Waals surface area contributed by atoms with Gasteiger partial charge in [0.1, 0.15) is 0 Å². The minimum atomic E-state index is 0.366. The van der Waals surface area contributed by atoms with E-state index < -0.39 is 0 Å². The number of hydrogen-bond donors (Lipinski definition) is 0. The van der Waals surface area contributed by atoms with E-state index in [1.54, 1.807) is 0 Å². The van der Waals surface area contributed by atoms with Gasteiger partial charge >= 0.3 is 0 Å². The minimum absolute atomic E-state index is 0.366. The van der Waals surface area contributed by atoms with Crippen molar-refractivity contribution in [2.75, 3.05) is 13.1 Å². The number of rotatable bonds is 8. The molecule has 0 aromatic carbocycles. The molecule has 92 valence electrons. The fraction of sp³-hybridized carbons (Fsp3) is 0.929. The number of nitrogens with zero attached hydrogens (tertiary/aromatic N) is 2. The number of unbranched alkanes of at least 4 members (excludes halogenated alkanes) is 2. The van der Waals surface area contributed by atoms with Gasteiger partial charge in [0.05, 0.1) is 6.07 Å². The summed E-state index contributed by atoms with van der Waals surface area (Å²) in [6.07, 6.45) is 7.19. The van der Waals surface area contributed by atoms with E-state index in [1.807, 2.05) is 0 Å². The Morgan fingerprint density at radius 2 is 2.00 bits per heavy atom. The van der Waals surface area contributed by atoms with Crippen LogP contribution in [0.25, 0.3) is 0 Å². The predicted molar refractivity (Wildman–Crippen MR) is 68.1 cm³/mol. The van der Waals surface area contributed by atoms with E-state index in [-0.39, 0.29) is 0 Å². The molecule has 1 aliphatic rings. The molecule has 0 radical (unpaired) electrons. The minimum Gasteiger partial charge on any atom is -0.300 e. The van der Waals surface area contributed by atoms with Gasteiger partial charge in [-0.05, 0) is 45.1 Å². The van der Waals surface area contributed by atoms with Crippen LogP contribution < -0.4 is 0 Å². The van der Waals surface area contributed by atoms with Crippen molar-refractivity contribution in [3.63, 3.8) is 0 Å². The zero-order valence-corrected chi connectivity index (χ0v) is 11.1. The Labute approximate surface area is 101 Å². The van der Waals surface area contributed by atoms with Gasteiger partial charge in [-0.2, -0.15) is 5.26 Å². The van der Waals surface area contributed by atoms with Crippen molar-refractivity contribution >= 4 is 0 Å². The smallest absolute Gasteiger partial charge is 0.0628 e. The number of hydrogen-bond acceptors (Lipinski definition) is 2. The molecule has 0 atom stereocenters. The van der Waals surface area contributed by atoms with Gasteiger partial charge < -0.3 is 4.90 Å². The van der Waals surface area contributed by atoms with Crippen LogP contribution in [0.2, 0.25) is 0 Å². The van der Waals surface area contributed by atoms with Crippen molar-refractivity contribution < 1.29 is 0 Å². The quantitative estimate of drug-likeness (QED) is 0.587. The molecular formula is C14H26N2. The molecule has 16 heavy (non-hydrogen) atoms. The van der Waals surface area contributed by atoms with Crippen molar-refractivity contribution in [3.05, 3.63) is 0 Å². The highest BCUT2D eigenvalue weighted by Crippen LogP contribution is 2.49. The lowest BCUT2D eigenvalue weighted by molar-refractivity contribution is 0.175. The molecule has 0 heterocycles. The van der Waals surface area contributed by atoms with Crippen molar-refractivity contribution in [2.45, 2.75) is 65.3 Å². The van der Waals surface area contributed by atoms with Gasteiger partial charge in [0.2, 0.25) is 0 Å². The van der Waals surface area contributed by atoms with E-state index >= 15 is 0 Å². The lowest BCUT2D eigenvalue weighted by atomic mass is 10.0. The Kier molecular flexibility index (Phi) is 5.28. The van der Waals surface area contributed by atoms with Crippen LogP contribution >= 0.6 is 0 Å². The van der Waals surface area contributed by atoms with Gasteiger partial charge in [-0.1, -0.05) is 19.8 Å². The van der Waals surface area contributed by atoms with Crippen molar-refractivity contribution in [1.82, 2.24) is 4.90 Å². The van der Waals surface area contributed by atoms with E-state index in [1.165, 1.54) is 38.6 Å². The standard InChI is InChI=1S/C14H26N2/c1-4-5-6-11-16(13(2)3)12-14(7-8-14)9-10-15/h13H,4-9,11-12H2,1-3H3. The molecule has 1 rings (SSSR count). The average Bonchev–Trinajstić information content (AvgIpc) is 2.97. The summed E-state index contributed by atoms with van der Waals surface area (Å²) in [6, 6.07) is 2.97. The van der Waals surface area contributed by atoms with Gasteiger partial charge in [0, 0.05) is 19.0 Å². The van der Waals surface area contributed by atoms with Gasteiger partial charge in [-0.25, -0.2) is 0 Å².